The van der Waals surface area contributed by atoms with Gasteiger partial charge in [0.15, 0.2) is 0 Å². The van der Waals surface area contributed by atoms with Gasteiger partial charge in [-0.2, -0.15) is 0 Å². The minimum atomic E-state index is -2.96. The van der Waals surface area contributed by atoms with Gasteiger partial charge in [0, 0.05) is 18.4 Å². The van der Waals surface area contributed by atoms with Gasteiger partial charge in [0.05, 0.1) is 5.75 Å². The van der Waals surface area contributed by atoms with E-state index in [0.717, 1.165) is 0 Å². The van der Waals surface area contributed by atoms with Crippen molar-refractivity contribution in [2.24, 2.45) is 0 Å². The summed E-state index contributed by atoms with van der Waals surface area (Å²) in [6.45, 7) is 2.08. The van der Waals surface area contributed by atoms with Crippen molar-refractivity contribution >= 4 is 27.3 Å². The normalized spacial score (nSPS) is 11.4. The Balaban J connectivity index is 2.62. The summed E-state index contributed by atoms with van der Waals surface area (Å²) in [5.41, 5.74) is 0.715. The summed E-state index contributed by atoms with van der Waals surface area (Å²) < 4.78 is 21.7. The summed E-state index contributed by atoms with van der Waals surface area (Å²) in [7, 11) is -2.96. The molecular weight excluding hydrogens is 238 g/mol. The molecule has 0 saturated carbocycles. The Hall–Kier alpha value is -0.880. The first kappa shape index (κ1) is 12.2. The van der Waals surface area contributed by atoms with Crippen LogP contribution in [0, 0.1) is 6.92 Å². The molecule has 1 aromatic heterocycles. The van der Waals surface area contributed by atoms with E-state index in [9.17, 15) is 8.42 Å². The lowest BCUT2D eigenvalue weighted by molar-refractivity contribution is 0.602. The van der Waals surface area contributed by atoms with E-state index in [0.29, 0.717) is 23.1 Å². The van der Waals surface area contributed by atoms with Crippen LogP contribution < -0.4 is 5.32 Å². The zero-order chi connectivity index (χ0) is 11.5. The third-order valence-corrected chi connectivity index (χ3v) is 3.11. The van der Waals surface area contributed by atoms with E-state index in [2.05, 4.69) is 15.3 Å². The number of nitrogens with one attached hydrogen (secondary N) is 1. The van der Waals surface area contributed by atoms with Crippen molar-refractivity contribution < 1.29 is 8.42 Å². The zero-order valence-corrected chi connectivity index (χ0v) is 10.1. The van der Waals surface area contributed by atoms with E-state index < -0.39 is 9.84 Å². The molecule has 1 heterocycles. The Morgan fingerprint density at radius 1 is 1.47 bits per heavy atom. The standard InChI is InChI=1S/C8H12ClN3O2S/c1-6-7(9)11-5-12-8(6)10-3-4-15(2,13)14/h5H,3-4H2,1-2H3,(H,10,11,12). The van der Waals surface area contributed by atoms with E-state index in [1.165, 1.54) is 12.6 Å². The van der Waals surface area contributed by atoms with Gasteiger partial charge in [0.2, 0.25) is 0 Å². The molecule has 0 radical (unpaired) electrons. The average molecular weight is 250 g/mol. The van der Waals surface area contributed by atoms with Crippen LogP contribution in [0.25, 0.3) is 0 Å². The first-order valence-electron chi connectivity index (χ1n) is 4.29. The molecule has 15 heavy (non-hydrogen) atoms. The number of rotatable bonds is 4. The summed E-state index contributed by atoms with van der Waals surface area (Å²) in [4.78, 5) is 7.75. The summed E-state index contributed by atoms with van der Waals surface area (Å²) in [6, 6.07) is 0. The van der Waals surface area contributed by atoms with E-state index in [4.69, 9.17) is 11.6 Å². The molecule has 84 valence electrons. The monoisotopic (exact) mass is 249 g/mol. The van der Waals surface area contributed by atoms with E-state index in [1.54, 1.807) is 6.92 Å². The topological polar surface area (TPSA) is 72.0 Å². The van der Waals surface area contributed by atoms with Crippen LogP contribution in [0.1, 0.15) is 5.56 Å². The molecule has 0 atom stereocenters. The molecule has 0 aliphatic rings. The van der Waals surface area contributed by atoms with Gasteiger partial charge >= 0.3 is 0 Å². The lowest BCUT2D eigenvalue weighted by atomic mass is 10.3. The second-order valence-electron chi connectivity index (χ2n) is 3.19. The maximum Gasteiger partial charge on any atom is 0.149 e. The molecule has 5 nitrogen and oxygen atoms in total. The maximum atomic E-state index is 10.9. The molecule has 0 aromatic carbocycles. The van der Waals surface area contributed by atoms with Gasteiger partial charge in [-0.05, 0) is 6.92 Å². The molecule has 0 spiro atoms. The van der Waals surface area contributed by atoms with E-state index >= 15 is 0 Å². The van der Waals surface area contributed by atoms with Crippen molar-refractivity contribution in [3.63, 3.8) is 0 Å². The molecule has 0 amide bonds. The third-order valence-electron chi connectivity index (χ3n) is 1.79. The third kappa shape index (κ3) is 4.01. The lowest BCUT2D eigenvalue weighted by Gasteiger charge is -2.07. The van der Waals surface area contributed by atoms with Crippen molar-refractivity contribution in [1.29, 1.82) is 0 Å². The van der Waals surface area contributed by atoms with Gasteiger partial charge in [-0.1, -0.05) is 11.6 Å². The Labute approximate surface area is 93.8 Å². The number of hydrogen-bond acceptors (Lipinski definition) is 5. The first-order chi connectivity index (χ1) is 6.90. The van der Waals surface area contributed by atoms with Gasteiger partial charge in [0.25, 0.3) is 0 Å². The van der Waals surface area contributed by atoms with E-state index in [-0.39, 0.29) is 5.75 Å². The Kier molecular flexibility index (Phi) is 3.87. The van der Waals surface area contributed by atoms with E-state index in [1.807, 2.05) is 0 Å². The summed E-state index contributed by atoms with van der Waals surface area (Å²) >= 11 is 5.77. The quantitative estimate of drug-likeness (QED) is 0.803. The van der Waals surface area contributed by atoms with Crippen LogP contribution in [0.2, 0.25) is 5.15 Å². The molecular formula is C8H12ClN3O2S. The van der Waals surface area contributed by atoms with Crippen molar-refractivity contribution in [2.45, 2.75) is 6.92 Å². The van der Waals surface area contributed by atoms with Crippen molar-refractivity contribution in [1.82, 2.24) is 9.97 Å². The Morgan fingerprint density at radius 2 is 2.13 bits per heavy atom. The fourth-order valence-electron chi connectivity index (χ4n) is 0.962. The highest BCUT2D eigenvalue weighted by Gasteiger charge is 2.06. The molecule has 0 saturated heterocycles. The molecule has 0 fully saturated rings. The Morgan fingerprint density at radius 3 is 2.73 bits per heavy atom. The van der Waals surface area contributed by atoms with Gasteiger partial charge in [-0.25, -0.2) is 18.4 Å². The predicted molar refractivity (Wildman–Crippen MR) is 60.0 cm³/mol. The van der Waals surface area contributed by atoms with Crippen molar-refractivity contribution in [3.8, 4) is 0 Å². The lowest BCUT2D eigenvalue weighted by Crippen LogP contribution is -2.15. The highest BCUT2D eigenvalue weighted by Crippen LogP contribution is 2.17. The summed E-state index contributed by atoms with van der Waals surface area (Å²) in [6.07, 6.45) is 2.52. The summed E-state index contributed by atoms with van der Waals surface area (Å²) in [5, 5.41) is 3.26. The van der Waals surface area contributed by atoms with Crippen molar-refractivity contribution in [2.75, 3.05) is 23.9 Å². The second-order valence-corrected chi connectivity index (χ2v) is 5.81. The zero-order valence-electron chi connectivity index (χ0n) is 8.49. The number of anilines is 1. The summed E-state index contributed by atoms with van der Waals surface area (Å²) in [5.74, 6) is 0.632. The van der Waals surface area contributed by atoms with Gasteiger partial charge in [-0.15, -0.1) is 0 Å². The molecule has 0 unspecified atom stereocenters. The largest absolute Gasteiger partial charge is 0.369 e. The fourth-order valence-corrected chi connectivity index (χ4v) is 1.57. The number of nitrogens with zero attached hydrogens (tertiary/aromatic N) is 2. The molecule has 1 N–H and O–H groups in total. The average Bonchev–Trinajstić information content (AvgIpc) is 2.10. The minimum absolute atomic E-state index is 0.0636. The molecule has 0 aliphatic heterocycles. The molecule has 1 aromatic rings. The van der Waals surface area contributed by atoms with Crippen LogP contribution in [0.15, 0.2) is 6.33 Å². The minimum Gasteiger partial charge on any atom is -0.369 e. The SMILES string of the molecule is Cc1c(Cl)ncnc1NCCS(C)(=O)=O. The van der Waals surface area contributed by atoms with Crippen LogP contribution in [0.5, 0.6) is 0 Å². The second kappa shape index (κ2) is 4.76. The molecule has 0 aliphatic carbocycles. The van der Waals surface area contributed by atoms with Crippen molar-refractivity contribution in [3.05, 3.63) is 17.0 Å². The highest BCUT2D eigenvalue weighted by atomic mass is 35.5. The van der Waals surface area contributed by atoms with Crippen LogP contribution in [-0.2, 0) is 9.84 Å². The van der Waals surface area contributed by atoms with Gasteiger partial charge < -0.3 is 5.32 Å². The van der Waals surface area contributed by atoms with Crippen LogP contribution in [0.4, 0.5) is 5.82 Å². The predicted octanol–water partition coefficient (Wildman–Crippen LogP) is 0.895. The maximum absolute atomic E-state index is 10.9. The molecule has 0 bridgehead atoms. The Bertz CT molecular complexity index is 447. The highest BCUT2D eigenvalue weighted by molar-refractivity contribution is 7.90. The smallest absolute Gasteiger partial charge is 0.149 e. The number of halogens is 1. The first-order valence-corrected chi connectivity index (χ1v) is 6.72. The molecule has 1 rings (SSSR count). The number of sulfone groups is 1. The molecule has 7 heteroatoms. The number of hydrogen-bond donors (Lipinski definition) is 1. The van der Waals surface area contributed by atoms with Gasteiger partial charge in [0.1, 0.15) is 27.1 Å². The van der Waals surface area contributed by atoms with Crippen LogP contribution in [0.3, 0.4) is 0 Å². The van der Waals surface area contributed by atoms with Gasteiger partial charge in [-0.3, -0.25) is 0 Å². The van der Waals surface area contributed by atoms with Crippen LogP contribution >= 0.6 is 11.6 Å². The van der Waals surface area contributed by atoms with Crippen LogP contribution in [-0.4, -0.2) is 36.9 Å². The number of aromatic nitrogens is 2. The fraction of sp³-hybridized carbons (Fsp3) is 0.500.